The lowest BCUT2D eigenvalue weighted by molar-refractivity contribution is 0.0594. The van der Waals surface area contributed by atoms with E-state index < -0.39 is 6.10 Å². The SMILES string of the molecule is COCC(O)CCNCc1cc(Cl)cc(Cl)c1O. The summed E-state index contributed by atoms with van der Waals surface area (Å²) in [5.74, 6) is 0.0333. The third-order valence-electron chi connectivity index (χ3n) is 2.44. The first-order valence-electron chi connectivity index (χ1n) is 5.59. The van der Waals surface area contributed by atoms with E-state index in [0.29, 0.717) is 36.7 Å². The zero-order valence-electron chi connectivity index (χ0n) is 10.1. The van der Waals surface area contributed by atoms with Crippen LogP contribution < -0.4 is 5.32 Å². The molecular formula is C12H17Cl2NO3. The van der Waals surface area contributed by atoms with Crippen LogP contribution in [0, 0.1) is 0 Å². The molecule has 0 aliphatic heterocycles. The minimum Gasteiger partial charge on any atom is -0.506 e. The van der Waals surface area contributed by atoms with Crippen molar-refractivity contribution in [3.8, 4) is 5.75 Å². The second kappa shape index (κ2) is 7.81. The van der Waals surface area contributed by atoms with Crippen molar-refractivity contribution in [2.45, 2.75) is 19.1 Å². The number of phenols is 1. The Morgan fingerprint density at radius 3 is 2.78 bits per heavy atom. The summed E-state index contributed by atoms with van der Waals surface area (Å²) in [6.45, 7) is 1.36. The average molecular weight is 294 g/mol. The smallest absolute Gasteiger partial charge is 0.138 e. The standard InChI is InChI=1S/C12H17Cl2NO3/c1-18-7-10(16)2-3-15-6-8-4-9(13)5-11(14)12(8)17/h4-5,10,15-17H,2-3,6-7H2,1H3. The van der Waals surface area contributed by atoms with Crippen molar-refractivity contribution in [2.24, 2.45) is 0 Å². The number of aliphatic hydroxyl groups excluding tert-OH is 1. The topological polar surface area (TPSA) is 61.7 Å². The van der Waals surface area contributed by atoms with Gasteiger partial charge in [0.2, 0.25) is 0 Å². The van der Waals surface area contributed by atoms with E-state index in [1.54, 1.807) is 13.2 Å². The Balaban J connectivity index is 2.40. The number of phenolic OH excluding ortho intramolecular Hbond substituents is 1. The monoisotopic (exact) mass is 293 g/mol. The fraction of sp³-hybridized carbons (Fsp3) is 0.500. The number of nitrogens with one attached hydrogen (secondary N) is 1. The van der Waals surface area contributed by atoms with Crippen LogP contribution >= 0.6 is 23.2 Å². The first-order chi connectivity index (χ1) is 8.54. The lowest BCUT2D eigenvalue weighted by Crippen LogP contribution is -2.23. The van der Waals surface area contributed by atoms with Gasteiger partial charge < -0.3 is 20.3 Å². The van der Waals surface area contributed by atoms with Crippen LogP contribution in [0.1, 0.15) is 12.0 Å². The minimum absolute atomic E-state index is 0.0333. The van der Waals surface area contributed by atoms with Crippen LogP contribution in [0.2, 0.25) is 10.0 Å². The predicted octanol–water partition coefficient (Wildman–Crippen LogP) is 2.19. The highest BCUT2D eigenvalue weighted by atomic mass is 35.5. The molecule has 1 aromatic rings. The summed E-state index contributed by atoms with van der Waals surface area (Å²) in [4.78, 5) is 0. The number of halogens is 2. The molecule has 1 rings (SSSR count). The average Bonchev–Trinajstić information content (AvgIpc) is 2.31. The molecule has 102 valence electrons. The van der Waals surface area contributed by atoms with E-state index in [1.807, 2.05) is 0 Å². The second-order valence-electron chi connectivity index (χ2n) is 3.97. The number of methoxy groups -OCH3 is 1. The van der Waals surface area contributed by atoms with E-state index in [1.165, 1.54) is 6.07 Å². The molecule has 0 heterocycles. The molecule has 0 aromatic heterocycles. The fourth-order valence-electron chi connectivity index (χ4n) is 1.52. The summed E-state index contributed by atoms with van der Waals surface area (Å²) in [7, 11) is 1.54. The third-order valence-corrected chi connectivity index (χ3v) is 2.94. The van der Waals surface area contributed by atoms with Gasteiger partial charge in [-0.15, -0.1) is 0 Å². The van der Waals surface area contributed by atoms with Crippen molar-refractivity contribution in [3.05, 3.63) is 27.7 Å². The first-order valence-corrected chi connectivity index (χ1v) is 6.34. The van der Waals surface area contributed by atoms with Crippen LogP contribution in [0.15, 0.2) is 12.1 Å². The van der Waals surface area contributed by atoms with Crippen LogP contribution in [0.4, 0.5) is 0 Å². The molecule has 3 N–H and O–H groups in total. The second-order valence-corrected chi connectivity index (χ2v) is 4.81. The molecule has 18 heavy (non-hydrogen) atoms. The number of hydrogen-bond donors (Lipinski definition) is 3. The molecule has 0 bridgehead atoms. The number of benzene rings is 1. The van der Waals surface area contributed by atoms with Gasteiger partial charge in [0.15, 0.2) is 0 Å². The van der Waals surface area contributed by atoms with Crippen molar-refractivity contribution in [2.75, 3.05) is 20.3 Å². The number of rotatable bonds is 7. The maximum atomic E-state index is 9.71. The molecule has 0 saturated heterocycles. The van der Waals surface area contributed by atoms with Gasteiger partial charge in [-0.25, -0.2) is 0 Å². The zero-order chi connectivity index (χ0) is 13.5. The van der Waals surface area contributed by atoms with Crippen molar-refractivity contribution in [1.82, 2.24) is 5.32 Å². The quantitative estimate of drug-likeness (QED) is 0.675. The lowest BCUT2D eigenvalue weighted by Gasteiger charge is -2.11. The van der Waals surface area contributed by atoms with E-state index in [9.17, 15) is 10.2 Å². The van der Waals surface area contributed by atoms with Crippen molar-refractivity contribution < 1.29 is 14.9 Å². The van der Waals surface area contributed by atoms with Crippen LogP contribution in [0.5, 0.6) is 5.75 Å². The Hall–Kier alpha value is -0.520. The van der Waals surface area contributed by atoms with Crippen LogP contribution in [0.25, 0.3) is 0 Å². The Morgan fingerprint density at radius 1 is 1.39 bits per heavy atom. The molecular weight excluding hydrogens is 277 g/mol. The van der Waals surface area contributed by atoms with Gasteiger partial charge in [-0.3, -0.25) is 0 Å². The number of hydrogen-bond acceptors (Lipinski definition) is 4. The molecule has 0 radical (unpaired) electrons. The molecule has 0 saturated carbocycles. The molecule has 0 amide bonds. The third kappa shape index (κ3) is 5.00. The normalized spacial score (nSPS) is 12.7. The van der Waals surface area contributed by atoms with Crippen LogP contribution in [-0.4, -0.2) is 36.6 Å². The largest absolute Gasteiger partial charge is 0.506 e. The summed E-state index contributed by atoms with van der Waals surface area (Å²) in [5.41, 5.74) is 0.633. The number of aliphatic hydroxyl groups is 1. The Kier molecular flexibility index (Phi) is 6.75. The number of ether oxygens (including phenoxy) is 1. The van der Waals surface area contributed by atoms with Gasteiger partial charge in [-0.05, 0) is 25.1 Å². The fourth-order valence-corrected chi connectivity index (χ4v) is 2.06. The Morgan fingerprint density at radius 2 is 2.11 bits per heavy atom. The summed E-state index contributed by atoms with van der Waals surface area (Å²) in [6.07, 6.45) is 0.0853. The van der Waals surface area contributed by atoms with Gasteiger partial charge in [-0.1, -0.05) is 23.2 Å². The maximum Gasteiger partial charge on any atom is 0.138 e. The van der Waals surface area contributed by atoms with Crippen molar-refractivity contribution in [1.29, 1.82) is 0 Å². The molecule has 1 aromatic carbocycles. The highest BCUT2D eigenvalue weighted by Gasteiger charge is 2.08. The van der Waals surface area contributed by atoms with E-state index in [0.717, 1.165) is 0 Å². The predicted molar refractivity (Wildman–Crippen MR) is 72.3 cm³/mol. The summed E-state index contributed by atoms with van der Waals surface area (Å²) in [6, 6.07) is 3.14. The molecule has 6 heteroatoms. The zero-order valence-corrected chi connectivity index (χ0v) is 11.6. The minimum atomic E-state index is -0.487. The van der Waals surface area contributed by atoms with Gasteiger partial charge >= 0.3 is 0 Å². The molecule has 0 aliphatic carbocycles. The van der Waals surface area contributed by atoms with Crippen LogP contribution in [-0.2, 0) is 11.3 Å². The summed E-state index contributed by atoms with van der Waals surface area (Å²) in [5, 5.41) is 23.0. The van der Waals surface area contributed by atoms with Gasteiger partial charge in [-0.2, -0.15) is 0 Å². The molecule has 0 spiro atoms. The molecule has 1 atom stereocenters. The van der Waals surface area contributed by atoms with E-state index in [2.05, 4.69) is 5.32 Å². The Labute approximate surface area is 116 Å². The maximum absolute atomic E-state index is 9.71. The molecule has 0 aliphatic rings. The molecule has 1 unspecified atom stereocenters. The van der Waals surface area contributed by atoms with Gasteiger partial charge in [0.05, 0.1) is 17.7 Å². The Bertz CT molecular complexity index is 388. The van der Waals surface area contributed by atoms with E-state index in [4.69, 9.17) is 27.9 Å². The highest BCUT2D eigenvalue weighted by Crippen LogP contribution is 2.30. The highest BCUT2D eigenvalue weighted by molar-refractivity contribution is 6.35. The van der Waals surface area contributed by atoms with E-state index >= 15 is 0 Å². The lowest BCUT2D eigenvalue weighted by atomic mass is 10.2. The van der Waals surface area contributed by atoms with Gasteiger partial charge in [0.25, 0.3) is 0 Å². The molecule has 0 fully saturated rings. The number of aromatic hydroxyl groups is 1. The van der Waals surface area contributed by atoms with Gasteiger partial charge in [0.1, 0.15) is 5.75 Å². The van der Waals surface area contributed by atoms with Crippen molar-refractivity contribution in [3.63, 3.8) is 0 Å². The summed E-state index contributed by atoms with van der Waals surface area (Å²) >= 11 is 11.7. The van der Waals surface area contributed by atoms with E-state index in [-0.39, 0.29) is 10.8 Å². The van der Waals surface area contributed by atoms with Gasteiger partial charge in [0, 0.05) is 24.2 Å². The summed E-state index contributed by atoms with van der Waals surface area (Å²) < 4.78 is 4.82. The van der Waals surface area contributed by atoms with Crippen molar-refractivity contribution >= 4 is 23.2 Å². The molecule has 4 nitrogen and oxygen atoms in total. The van der Waals surface area contributed by atoms with Crippen LogP contribution in [0.3, 0.4) is 0 Å². The first kappa shape index (κ1) is 15.5.